The second-order valence-electron chi connectivity index (χ2n) is 4.50. The molecule has 8 heteroatoms. The Morgan fingerprint density at radius 2 is 2.05 bits per heavy atom. The van der Waals surface area contributed by atoms with Gasteiger partial charge in [-0.05, 0) is 31.5 Å². The second-order valence-corrected chi connectivity index (χ2v) is 6.70. The predicted molar refractivity (Wildman–Crippen MR) is 85.4 cm³/mol. The molecular weight excluding hydrogens is 328 g/mol. The molecule has 124 valence electrons. The Morgan fingerprint density at radius 3 is 2.64 bits per heavy atom. The monoisotopic (exact) mass is 348 g/mol. The Balaban J connectivity index is 2.45. The molecule has 0 bridgehead atoms. The van der Waals surface area contributed by atoms with E-state index < -0.39 is 16.1 Å². The van der Waals surface area contributed by atoms with Crippen molar-refractivity contribution in [3.05, 3.63) is 29.3 Å². The zero-order valence-electron chi connectivity index (χ0n) is 12.6. The van der Waals surface area contributed by atoms with Crippen LogP contribution in [-0.4, -0.2) is 40.1 Å². The zero-order chi connectivity index (χ0) is 16.6. The normalized spacial score (nSPS) is 12.9. The molecule has 0 spiro atoms. The van der Waals surface area contributed by atoms with Crippen molar-refractivity contribution in [2.45, 2.75) is 31.3 Å². The Labute approximate surface area is 136 Å². The molecule has 0 aliphatic carbocycles. The van der Waals surface area contributed by atoms with Gasteiger partial charge in [-0.1, -0.05) is 24.6 Å². The van der Waals surface area contributed by atoms with E-state index in [1.807, 2.05) is 13.8 Å². The van der Waals surface area contributed by atoms with Gasteiger partial charge in [0.2, 0.25) is 15.9 Å². The number of benzene rings is 1. The Kier molecular flexibility index (Phi) is 7.81. The third-order valence-corrected chi connectivity index (χ3v) is 4.55. The molecule has 0 saturated heterocycles. The average molecular weight is 349 g/mol. The van der Waals surface area contributed by atoms with E-state index in [9.17, 15) is 13.2 Å². The highest BCUT2D eigenvalue weighted by Gasteiger charge is 2.17. The van der Waals surface area contributed by atoms with Crippen LogP contribution in [0.15, 0.2) is 29.2 Å². The number of carbonyl (C=O) groups is 1. The summed E-state index contributed by atoms with van der Waals surface area (Å²) >= 11 is 5.77. The summed E-state index contributed by atoms with van der Waals surface area (Å²) in [5.74, 6) is -0.244. The molecule has 1 aromatic rings. The highest BCUT2D eigenvalue weighted by molar-refractivity contribution is 7.89. The quantitative estimate of drug-likeness (QED) is 0.663. The van der Waals surface area contributed by atoms with Gasteiger partial charge in [-0.25, -0.2) is 13.1 Å². The number of nitrogens with one attached hydrogen (secondary N) is 2. The molecule has 22 heavy (non-hydrogen) atoms. The fraction of sp³-hybridized carbons (Fsp3) is 0.500. The summed E-state index contributed by atoms with van der Waals surface area (Å²) in [5.41, 5.74) is 0. The molecule has 2 N–H and O–H groups in total. The van der Waals surface area contributed by atoms with Crippen LogP contribution in [-0.2, 0) is 19.6 Å². The van der Waals surface area contributed by atoms with Crippen LogP contribution in [0, 0.1) is 0 Å². The standard InChI is InChI=1S/C14H21ClN2O4S/c1-3-13(21-4-2)14(18)16-8-9-17-22(19,20)12-7-5-6-11(15)10-12/h5-7,10,13,17H,3-4,8-9H2,1-2H3,(H,16,18). The van der Waals surface area contributed by atoms with Gasteiger partial charge in [0.15, 0.2) is 0 Å². The third-order valence-electron chi connectivity index (χ3n) is 2.85. The molecule has 1 atom stereocenters. The van der Waals surface area contributed by atoms with Crippen molar-refractivity contribution in [2.75, 3.05) is 19.7 Å². The Hall–Kier alpha value is -1.15. The van der Waals surface area contributed by atoms with Crippen LogP contribution in [0.1, 0.15) is 20.3 Å². The lowest BCUT2D eigenvalue weighted by Gasteiger charge is -2.15. The molecule has 0 fully saturated rings. The number of sulfonamides is 1. The van der Waals surface area contributed by atoms with Crippen molar-refractivity contribution in [3.63, 3.8) is 0 Å². The highest BCUT2D eigenvalue weighted by atomic mass is 35.5. The van der Waals surface area contributed by atoms with Crippen LogP contribution < -0.4 is 10.0 Å². The number of ether oxygens (including phenoxy) is 1. The van der Waals surface area contributed by atoms with Crippen molar-refractivity contribution >= 4 is 27.5 Å². The van der Waals surface area contributed by atoms with Crippen molar-refractivity contribution < 1.29 is 17.9 Å². The molecule has 0 aliphatic rings. The maximum absolute atomic E-state index is 12.0. The van der Waals surface area contributed by atoms with Crippen molar-refractivity contribution in [3.8, 4) is 0 Å². The molecule has 0 aromatic heterocycles. The predicted octanol–water partition coefficient (Wildman–Crippen LogP) is 1.55. The number of halogens is 1. The Bertz CT molecular complexity index is 592. The number of amides is 1. The van der Waals surface area contributed by atoms with Gasteiger partial charge in [0, 0.05) is 24.7 Å². The van der Waals surface area contributed by atoms with Gasteiger partial charge in [-0.15, -0.1) is 0 Å². The second kappa shape index (κ2) is 9.09. The van der Waals surface area contributed by atoms with Crippen LogP contribution in [0.25, 0.3) is 0 Å². The van der Waals surface area contributed by atoms with Crippen LogP contribution >= 0.6 is 11.6 Å². The summed E-state index contributed by atoms with van der Waals surface area (Å²) in [6.07, 6.45) is 0.0583. The summed E-state index contributed by atoms with van der Waals surface area (Å²) < 4.78 is 31.7. The lowest BCUT2D eigenvalue weighted by atomic mass is 10.2. The molecule has 0 saturated carbocycles. The number of hydrogen-bond acceptors (Lipinski definition) is 4. The molecule has 0 aliphatic heterocycles. The van der Waals surface area contributed by atoms with Crippen molar-refractivity contribution in [1.29, 1.82) is 0 Å². The van der Waals surface area contributed by atoms with Gasteiger partial charge < -0.3 is 10.1 Å². The summed E-state index contributed by atoms with van der Waals surface area (Å²) in [4.78, 5) is 11.9. The molecule has 0 heterocycles. The van der Waals surface area contributed by atoms with Gasteiger partial charge in [-0.2, -0.15) is 0 Å². The van der Waals surface area contributed by atoms with E-state index in [0.29, 0.717) is 18.1 Å². The van der Waals surface area contributed by atoms with E-state index in [1.54, 1.807) is 12.1 Å². The minimum atomic E-state index is -3.63. The van der Waals surface area contributed by atoms with Crippen LogP contribution in [0.2, 0.25) is 5.02 Å². The van der Waals surface area contributed by atoms with Gasteiger partial charge in [-0.3, -0.25) is 4.79 Å². The van der Waals surface area contributed by atoms with E-state index in [0.717, 1.165) is 0 Å². The first-order valence-electron chi connectivity index (χ1n) is 7.05. The summed E-state index contributed by atoms with van der Waals surface area (Å²) in [6.45, 7) is 4.38. The smallest absolute Gasteiger partial charge is 0.249 e. The number of rotatable bonds is 9. The van der Waals surface area contributed by atoms with E-state index >= 15 is 0 Å². The fourth-order valence-corrected chi connectivity index (χ4v) is 3.11. The van der Waals surface area contributed by atoms with Crippen LogP contribution in [0.5, 0.6) is 0 Å². The maximum atomic E-state index is 12.0. The van der Waals surface area contributed by atoms with Crippen LogP contribution in [0.4, 0.5) is 0 Å². The molecule has 1 rings (SSSR count). The number of carbonyl (C=O) groups excluding carboxylic acids is 1. The highest BCUT2D eigenvalue weighted by Crippen LogP contribution is 2.14. The first-order valence-corrected chi connectivity index (χ1v) is 8.91. The molecular formula is C14H21ClN2O4S. The molecule has 1 unspecified atom stereocenters. The summed E-state index contributed by atoms with van der Waals surface area (Å²) in [7, 11) is -3.63. The molecule has 6 nitrogen and oxygen atoms in total. The van der Waals surface area contributed by atoms with Crippen molar-refractivity contribution in [1.82, 2.24) is 10.0 Å². The SMILES string of the molecule is CCOC(CC)C(=O)NCCNS(=O)(=O)c1cccc(Cl)c1. The minimum Gasteiger partial charge on any atom is -0.369 e. The fourth-order valence-electron chi connectivity index (χ4n) is 1.78. The van der Waals surface area contributed by atoms with E-state index in [-0.39, 0.29) is 23.9 Å². The largest absolute Gasteiger partial charge is 0.369 e. The van der Waals surface area contributed by atoms with E-state index in [1.165, 1.54) is 12.1 Å². The molecule has 0 radical (unpaired) electrons. The van der Waals surface area contributed by atoms with Crippen LogP contribution in [0.3, 0.4) is 0 Å². The topological polar surface area (TPSA) is 84.5 Å². The van der Waals surface area contributed by atoms with Gasteiger partial charge >= 0.3 is 0 Å². The lowest BCUT2D eigenvalue weighted by molar-refractivity contribution is -0.132. The lowest BCUT2D eigenvalue weighted by Crippen LogP contribution is -2.40. The third kappa shape index (κ3) is 5.92. The first kappa shape index (κ1) is 18.9. The van der Waals surface area contributed by atoms with Gasteiger partial charge in [0.1, 0.15) is 6.10 Å². The summed E-state index contributed by atoms with van der Waals surface area (Å²) in [5, 5.41) is 2.98. The van der Waals surface area contributed by atoms with Gasteiger partial charge in [0.25, 0.3) is 0 Å². The Morgan fingerprint density at radius 1 is 1.32 bits per heavy atom. The number of hydrogen-bond donors (Lipinski definition) is 2. The van der Waals surface area contributed by atoms with Crippen molar-refractivity contribution in [2.24, 2.45) is 0 Å². The van der Waals surface area contributed by atoms with E-state index in [4.69, 9.17) is 16.3 Å². The zero-order valence-corrected chi connectivity index (χ0v) is 14.2. The molecule has 1 amide bonds. The maximum Gasteiger partial charge on any atom is 0.249 e. The average Bonchev–Trinajstić information content (AvgIpc) is 2.49. The summed E-state index contributed by atoms with van der Waals surface area (Å²) in [6, 6.07) is 5.98. The minimum absolute atomic E-state index is 0.0865. The first-order chi connectivity index (χ1) is 10.4. The van der Waals surface area contributed by atoms with E-state index in [2.05, 4.69) is 10.0 Å². The molecule has 1 aromatic carbocycles. The van der Waals surface area contributed by atoms with Gasteiger partial charge in [0.05, 0.1) is 4.90 Å².